The molecule has 1 amide bonds. The van der Waals surface area contributed by atoms with Crippen LogP contribution < -0.4 is 14.4 Å². The van der Waals surface area contributed by atoms with Crippen LogP contribution in [0.1, 0.15) is 47.6 Å². The number of hydrogen-bond acceptors (Lipinski definition) is 7. The molecule has 1 aromatic heterocycles. The fourth-order valence-electron chi connectivity index (χ4n) is 5.39. The molecule has 0 spiro atoms. The minimum absolute atomic E-state index is 0.0745. The second-order valence-corrected chi connectivity index (χ2v) is 9.47. The molecule has 1 atom stereocenters. The van der Waals surface area contributed by atoms with Gasteiger partial charge in [0.15, 0.2) is 18.1 Å². The Bertz CT molecular complexity index is 1300. The smallest absolute Gasteiger partial charge is 0.342 e. The molecule has 3 aliphatic rings. The maximum atomic E-state index is 13.2. The quantitative estimate of drug-likeness (QED) is 0.501. The Labute approximate surface area is 209 Å². The van der Waals surface area contributed by atoms with Crippen molar-refractivity contribution in [2.24, 2.45) is 0 Å². The summed E-state index contributed by atoms with van der Waals surface area (Å²) in [7, 11) is 0. The maximum Gasteiger partial charge on any atom is 0.342 e. The van der Waals surface area contributed by atoms with Crippen molar-refractivity contribution >= 4 is 28.6 Å². The lowest BCUT2D eigenvalue weighted by Crippen LogP contribution is -2.34. The summed E-state index contributed by atoms with van der Waals surface area (Å²) in [5.74, 6) is 1.37. The van der Waals surface area contributed by atoms with E-state index in [0.717, 1.165) is 61.0 Å². The molecule has 186 valence electrons. The maximum absolute atomic E-state index is 13.2. The largest absolute Gasteiger partial charge is 0.486 e. The molecule has 8 nitrogen and oxygen atoms in total. The molecule has 6 rings (SSSR count). The molecule has 2 saturated heterocycles. The van der Waals surface area contributed by atoms with Crippen LogP contribution in [-0.2, 0) is 9.53 Å². The van der Waals surface area contributed by atoms with Crippen molar-refractivity contribution in [1.29, 1.82) is 0 Å². The van der Waals surface area contributed by atoms with Crippen molar-refractivity contribution in [2.75, 3.05) is 44.4 Å². The molecule has 3 aliphatic heterocycles. The van der Waals surface area contributed by atoms with Gasteiger partial charge < -0.3 is 24.0 Å². The van der Waals surface area contributed by atoms with Gasteiger partial charge in [0.1, 0.15) is 24.6 Å². The number of rotatable bonds is 5. The minimum Gasteiger partial charge on any atom is -0.486 e. The summed E-state index contributed by atoms with van der Waals surface area (Å²) in [6.07, 6.45) is 3.88. The Morgan fingerprint density at radius 3 is 2.61 bits per heavy atom. The van der Waals surface area contributed by atoms with Crippen molar-refractivity contribution in [2.45, 2.75) is 31.7 Å². The summed E-state index contributed by atoms with van der Waals surface area (Å²) in [6, 6.07) is 15.3. The number of hydrogen-bond donors (Lipinski definition) is 0. The normalized spacial score (nSPS) is 19.1. The van der Waals surface area contributed by atoms with Crippen LogP contribution in [0.4, 0.5) is 5.82 Å². The first-order valence-electron chi connectivity index (χ1n) is 12.7. The van der Waals surface area contributed by atoms with E-state index in [-0.39, 0.29) is 18.6 Å². The number of likely N-dealkylation sites (tertiary alicyclic amines) is 1. The molecule has 0 N–H and O–H groups in total. The molecule has 1 unspecified atom stereocenters. The molecule has 0 aliphatic carbocycles. The third kappa shape index (κ3) is 4.32. The van der Waals surface area contributed by atoms with Gasteiger partial charge in [0.2, 0.25) is 0 Å². The van der Waals surface area contributed by atoms with Gasteiger partial charge in [0.25, 0.3) is 5.91 Å². The van der Waals surface area contributed by atoms with Gasteiger partial charge in [-0.15, -0.1) is 0 Å². The number of esters is 1. The van der Waals surface area contributed by atoms with E-state index in [2.05, 4.69) is 4.90 Å². The summed E-state index contributed by atoms with van der Waals surface area (Å²) >= 11 is 0. The highest BCUT2D eigenvalue weighted by Crippen LogP contribution is 2.38. The van der Waals surface area contributed by atoms with Gasteiger partial charge in [-0.1, -0.05) is 24.3 Å². The standard InChI is InChI=1S/C28H29N3O5/c32-26(31-13-5-8-23(31)20-9-10-24-25(17-20)35-15-14-34-24)18-36-28(33)21-16-19-6-1-2-7-22(19)29-27(21)30-11-3-4-12-30/h1-2,6-7,9-10,16-17,23H,3-5,8,11-15,18H2. The van der Waals surface area contributed by atoms with Crippen LogP contribution in [0, 0.1) is 0 Å². The number of amides is 1. The first kappa shape index (κ1) is 22.6. The zero-order chi connectivity index (χ0) is 24.5. The van der Waals surface area contributed by atoms with E-state index < -0.39 is 5.97 Å². The first-order valence-corrected chi connectivity index (χ1v) is 12.7. The third-order valence-corrected chi connectivity index (χ3v) is 7.18. The summed E-state index contributed by atoms with van der Waals surface area (Å²) in [5, 5.41) is 0.872. The number of ether oxygens (including phenoxy) is 3. The lowest BCUT2D eigenvalue weighted by molar-refractivity contribution is -0.135. The zero-order valence-corrected chi connectivity index (χ0v) is 20.2. The van der Waals surface area contributed by atoms with Crippen LogP contribution in [0.2, 0.25) is 0 Å². The Hall–Kier alpha value is -3.81. The van der Waals surface area contributed by atoms with Crippen LogP contribution in [0.15, 0.2) is 48.5 Å². The number of benzene rings is 2. The van der Waals surface area contributed by atoms with Crippen LogP contribution in [0.25, 0.3) is 10.9 Å². The SMILES string of the molecule is O=C(OCC(=O)N1CCCC1c1ccc2c(c1)OCCO2)c1cc2ccccc2nc1N1CCCC1. The average molecular weight is 488 g/mol. The molecule has 36 heavy (non-hydrogen) atoms. The molecular weight excluding hydrogens is 458 g/mol. The number of pyridine rings is 1. The minimum atomic E-state index is -0.515. The van der Waals surface area contributed by atoms with Crippen molar-refractivity contribution in [3.8, 4) is 11.5 Å². The number of aromatic nitrogens is 1. The van der Waals surface area contributed by atoms with E-state index >= 15 is 0 Å². The van der Waals surface area contributed by atoms with Gasteiger partial charge in [0, 0.05) is 25.0 Å². The number of fused-ring (bicyclic) bond motifs is 2. The molecule has 0 saturated carbocycles. The van der Waals surface area contributed by atoms with E-state index in [1.807, 2.05) is 48.5 Å². The van der Waals surface area contributed by atoms with Crippen LogP contribution in [0.5, 0.6) is 11.5 Å². The first-order chi connectivity index (χ1) is 17.7. The molecule has 2 fully saturated rings. The summed E-state index contributed by atoms with van der Waals surface area (Å²) in [6.45, 7) is 3.10. The molecule has 0 bridgehead atoms. The topological polar surface area (TPSA) is 81.2 Å². The van der Waals surface area contributed by atoms with Crippen molar-refractivity contribution in [1.82, 2.24) is 9.88 Å². The molecule has 4 heterocycles. The molecule has 2 aromatic carbocycles. The van der Waals surface area contributed by atoms with Crippen LogP contribution >= 0.6 is 0 Å². The van der Waals surface area contributed by atoms with Crippen molar-refractivity contribution in [3.05, 3.63) is 59.7 Å². The van der Waals surface area contributed by atoms with E-state index in [9.17, 15) is 9.59 Å². The highest BCUT2D eigenvalue weighted by Gasteiger charge is 2.32. The second-order valence-electron chi connectivity index (χ2n) is 9.47. The monoisotopic (exact) mass is 487 g/mol. The van der Waals surface area contributed by atoms with Gasteiger partial charge >= 0.3 is 5.97 Å². The highest BCUT2D eigenvalue weighted by molar-refractivity contribution is 6.00. The van der Waals surface area contributed by atoms with Gasteiger partial charge in [-0.2, -0.15) is 0 Å². The third-order valence-electron chi connectivity index (χ3n) is 7.18. The summed E-state index contributed by atoms with van der Waals surface area (Å²) in [4.78, 5) is 35.1. The van der Waals surface area contributed by atoms with Gasteiger partial charge in [-0.25, -0.2) is 9.78 Å². The number of para-hydroxylation sites is 1. The molecule has 8 heteroatoms. The van der Waals surface area contributed by atoms with Crippen LogP contribution in [0.3, 0.4) is 0 Å². The molecular formula is C28H29N3O5. The number of nitrogens with zero attached hydrogens (tertiary/aromatic N) is 3. The lowest BCUT2D eigenvalue weighted by atomic mass is 10.0. The predicted octanol–water partition coefficient (Wildman–Crippen LogP) is 4.13. The number of anilines is 1. The fourth-order valence-corrected chi connectivity index (χ4v) is 5.39. The Balaban J connectivity index is 1.18. The summed E-state index contributed by atoms with van der Waals surface area (Å²) < 4.78 is 16.9. The lowest BCUT2D eigenvalue weighted by Gasteiger charge is -2.26. The molecule has 3 aromatic rings. The fraction of sp³-hybridized carbons (Fsp3) is 0.393. The van der Waals surface area contributed by atoms with E-state index in [0.29, 0.717) is 36.9 Å². The van der Waals surface area contributed by atoms with Gasteiger partial charge in [-0.3, -0.25) is 4.79 Å². The average Bonchev–Trinajstić information content (AvgIpc) is 3.63. The van der Waals surface area contributed by atoms with E-state index in [4.69, 9.17) is 19.2 Å². The van der Waals surface area contributed by atoms with Gasteiger partial charge in [-0.05, 0) is 55.5 Å². The number of carbonyl (C=O) groups excluding carboxylic acids is 2. The van der Waals surface area contributed by atoms with Gasteiger partial charge in [0.05, 0.1) is 11.6 Å². The van der Waals surface area contributed by atoms with Crippen LogP contribution in [-0.4, -0.2) is 61.2 Å². The second kappa shape index (κ2) is 9.68. The highest BCUT2D eigenvalue weighted by atomic mass is 16.6. The van der Waals surface area contributed by atoms with Crippen molar-refractivity contribution < 1.29 is 23.8 Å². The number of carbonyl (C=O) groups is 2. The Kier molecular flexibility index (Phi) is 6.09. The van der Waals surface area contributed by atoms with E-state index in [1.54, 1.807) is 4.90 Å². The Morgan fingerprint density at radius 2 is 1.75 bits per heavy atom. The summed E-state index contributed by atoms with van der Waals surface area (Å²) in [5.41, 5.74) is 2.26. The van der Waals surface area contributed by atoms with E-state index in [1.165, 1.54) is 0 Å². The Morgan fingerprint density at radius 1 is 0.944 bits per heavy atom. The van der Waals surface area contributed by atoms with Crippen molar-refractivity contribution in [3.63, 3.8) is 0 Å². The predicted molar refractivity (Wildman–Crippen MR) is 135 cm³/mol. The zero-order valence-electron chi connectivity index (χ0n) is 20.2. The molecule has 0 radical (unpaired) electrons.